The minimum absolute atomic E-state index is 0.722. The zero-order valence-corrected chi connectivity index (χ0v) is 12.7. The monoisotopic (exact) mass is 301 g/mol. The first-order chi connectivity index (χ1) is 11.3. The van der Waals surface area contributed by atoms with Crippen LogP contribution >= 0.6 is 0 Å². The van der Waals surface area contributed by atoms with Gasteiger partial charge in [0.05, 0.1) is 11.9 Å². The van der Waals surface area contributed by atoms with Gasteiger partial charge >= 0.3 is 0 Å². The quantitative estimate of drug-likeness (QED) is 0.583. The Morgan fingerprint density at radius 2 is 1.87 bits per heavy atom. The molecule has 0 aromatic carbocycles. The van der Waals surface area contributed by atoms with E-state index in [1.54, 1.807) is 6.20 Å². The number of hydrogen-bond donors (Lipinski definition) is 0. The molecule has 4 heterocycles. The number of fused-ring (bicyclic) bond motifs is 1. The van der Waals surface area contributed by atoms with E-state index in [1.165, 1.54) is 5.56 Å². The Labute approximate surface area is 133 Å². The van der Waals surface area contributed by atoms with Crippen molar-refractivity contribution >= 4 is 5.65 Å². The molecule has 5 nitrogen and oxygen atoms in total. The van der Waals surface area contributed by atoms with E-state index in [4.69, 9.17) is 0 Å². The molecule has 0 N–H and O–H groups in total. The number of hydrogen-bond acceptors (Lipinski definition) is 4. The van der Waals surface area contributed by atoms with Crippen LogP contribution in [0, 0.1) is 6.92 Å². The predicted octanol–water partition coefficient (Wildman–Crippen LogP) is 3.09. The van der Waals surface area contributed by atoms with E-state index in [1.807, 2.05) is 53.6 Å². The SMILES string of the molecule is Cc1cccnc1Cc1cnn2c(-c3cccnc3)ccnc12. The summed E-state index contributed by atoms with van der Waals surface area (Å²) >= 11 is 0. The molecule has 112 valence electrons. The second kappa shape index (κ2) is 5.61. The second-order valence-corrected chi connectivity index (χ2v) is 5.42. The van der Waals surface area contributed by atoms with Crippen molar-refractivity contribution in [2.24, 2.45) is 0 Å². The van der Waals surface area contributed by atoms with Crippen LogP contribution in [0.1, 0.15) is 16.8 Å². The number of rotatable bonds is 3. The van der Waals surface area contributed by atoms with Crippen molar-refractivity contribution in [3.8, 4) is 11.3 Å². The third-order valence-corrected chi connectivity index (χ3v) is 3.91. The Balaban J connectivity index is 1.81. The molecule has 4 aromatic rings. The van der Waals surface area contributed by atoms with Gasteiger partial charge in [0.2, 0.25) is 0 Å². The van der Waals surface area contributed by atoms with Crippen LogP contribution in [0.25, 0.3) is 16.9 Å². The number of aromatic nitrogens is 5. The third kappa shape index (κ3) is 2.46. The summed E-state index contributed by atoms with van der Waals surface area (Å²) in [6, 6.07) is 9.91. The summed E-state index contributed by atoms with van der Waals surface area (Å²) in [7, 11) is 0. The molecule has 0 amide bonds. The van der Waals surface area contributed by atoms with Gasteiger partial charge in [-0.15, -0.1) is 0 Å². The average molecular weight is 301 g/mol. The third-order valence-electron chi connectivity index (χ3n) is 3.91. The smallest absolute Gasteiger partial charge is 0.159 e. The van der Waals surface area contributed by atoms with E-state index in [9.17, 15) is 0 Å². The summed E-state index contributed by atoms with van der Waals surface area (Å²) in [5.41, 5.74) is 6.15. The molecule has 4 rings (SSSR count). The maximum absolute atomic E-state index is 4.52. The Morgan fingerprint density at radius 3 is 2.70 bits per heavy atom. The van der Waals surface area contributed by atoms with Gasteiger partial charge in [-0.25, -0.2) is 9.50 Å². The molecule has 0 atom stereocenters. The van der Waals surface area contributed by atoms with Gasteiger partial charge in [0.25, 0.3) is 0 Å². The number of nitrogens with zero attached hydrogens (tertiary/aromatic N) is 5. The first-order valence-corrected chi connectivity index (χ1v) is 7.45. The zero-order chi connectivity index (χ0) is 15.6. The van der Waals surface area contributed by atoms with Crippen LogP contribution in [0.4, 0.5) is 0 Å². The molecule has 0 bridgehead atoms. The van der Waals surface area contributed by atoms with Gasteiger partial charge in [-0.2, -0.15) is 5.10 Å². The lowest BCUT2D eigenvalue weighted by molar-refractivity contribution is 0.946. The van der Waals surface area contributed by atoms with Crippen LogP contribution in [0.5, 0.6) is 0 Å². The molecular weight excluding hydrogens is 286 g/mol. The summed E-state index contributed by atoms with van der Waals surface area (Å²) in [6.45, 7) is 2.07. The highest BCUT2D eigenvalue weighted by molar-refractivity contribution is 5.63. The molecule has 0 aliphatic carbocycles. The Kier molecular flexibility index (Phi) is 3.31. The van der Waals surface area contributed by atoms with Gasteiger partial charge in [0.15, 0.2) is 5.65 Å². The van der Waals surface area contributed by atoms with Gasteiger partial charge in [-0.1, -0.05) is 6.07 Å². The summed E-state index contributed by atoms with van der Waals surface area (Å²) < 4.78 is 1.87. The molecule has 0 fully saturated rings. The van der Waals surface area contributed by atoms with Crippen molar-refractivity contribution in [3.05, 3.63) is 78.1 Å². The fourth-order valence-electron chi connectivity index (χ4n) is 2.68. The molecule has 0 saturated heterocycles. The van der Waals surface area contributed by atoms with E-state index in [-0.39, 0.29) is 0 Å². The van der Waals surface area contributed by atoms with Gasteiger partial charge in [0, 0.05) is 48.0 Å². The van der Waals surface area contributed by atoms with Gasteiger partial charge < -0.3 is 0 Å². The number of pyridine rings is 2. The Hall–Kier alpha value is -3.08. The summed E-state index contributed by atoms with van der Waals surface area (Å²) in [4.78, 5) is 13.2. The predicted molar refractivity (Wildman–Crippen MR) is 88.0 cm³/mol. The first kappa shape index (κ1) is 13.6. The lowest BCUT2D eigenvalue weighted by atomic mass is 10.1. The maximum Gasteiger partial charge on any atom is 0.159 e. The summed E-state index contributed by atoms with van der Waals surface area (Å²) in [6.07, 6.45) is 9.83. The van der Waals surface area contributed by atoms with E-state index in [0.29, 0.717) is 0 Å². The molecule has 0 aliphatic heterocycles. The highest BCUT2D eigenvalue weighted by Crippen LogP contribution is 2.21. The Bertz CT molecular complexity index is 959. The Morgan fingerprint density at radius 1 is 0.957 bits per heavy atom. The molecule has 0 unspecified atom stereocenters. The van der Waals surface area contributed by atoms with E-state index < -0.39 is 0 Å². The molecule has 23 heavy (non-hydrogen) atoms. The van der Waals surface area contributed by atoms with Crippen molar-refractivity contribution in [2.75, 3.05) is 0 Å². The van der Waals surface area contributed by atoms with Gasteiger partial charge in [0.1, 0.15) is 0 Å². The fraction of sp³-hybridized carbons (Fsp3) is 0.111. The van der Waals surface area contributed by atoms with Crippen molar-refractivity contribution in [2.45, 2.75) is 13.3 Å². The van der Waals surface area contributed by atoms with Gasteiger partial charge in [-0.05, 0) is 36.8 Å². The molecule has 0 spiro atoms. The summed E-state index contributed by atoms with van der Waals surface area (Å²) in [5, 5.41) is 4.52. The van der Waals surface area contributed by atoms with Crippen LogP contribution in [-0.4, -0.2) is 24.6 Å². The normalized spacial score (nSPS) is 11.0. The van der Waals surface area contributed by atoms with Crippen molar-refractivity contribution in [3.63, 3.8) is 0 Å². The molecule has 0 saturated carbocycles. The topological polar surface area (TPSA) is 56.0 Å². The average Bonchev–Trinajstić information content (AvgIpc) is 3.01. The minimum atomic E-state index is 0.722. The molecule has 0 radical (unpaired) electrons. The van der Waals surface area contributed by atoms with Crippen molar-refractivity contribution in [1.82, 2.24) is 24.6 Å². The number of aryl methyl sites for hydroxylation is 1. The summed E-state index contributed by atoms with van der Waals surface area (Å²) in [5.74, 6) is 0. The van der Waals surface area contributed by atoms with Crippen molar-refractivity contribution < 1.29 is 0 Å². The van der Waals surface area contributed by atoms with Crippen LogP contribution < -0.4 is 0 Å². The van der Waals surface area contributed by atoms with E-state index >= 15 is 0 Å². The van der Waals surface area contributed by atoms with Crippen LogP contribution in [0.2, 0.25) is 0 Å². The largest absolute Gasteiger partial charge is 0.264 e. The molecule has 4 aromatic heterocycles. The molecule has 5 heteroatoms. The van der Waals surface area contributed by atoms with Crippen LogP contribution in [0.15, 0.2) is 61.3 Å². The van der Waals surface area contributed by atoms with Crippen LogP contribution in [0.3, 0.4) is 0 Å². The van der Waals surface area contributed by atoms with Gasteiger partial charge in [-0.3, -0.25) is 9.97 Å². The van der Waals surface area contributed by atoms with E-state index in [0.717, 1.165) is 34.6 Å². The first-order valence-electron chi connectivity index (χ1n) is 7.45. The second-order valence-electron chi connectivity index (χ2n) is 5.42. The molecular formula is C18H15N5. The minimum Gasteiger partial charge on any atom is -0.264 e. The standard InChI is InChI=1S/C18H15N5/c1-13-4-2-8-20-16(13)10-15-12-22-23-17(6-9-21-18(15)23)14-5-3-7-19-11-14/h2-9,11-12H,10H2,1H3. The van der Waals surface area contributed by atoms with E-state index in [2.05, 4.69) is 33.0 Å². The zero-order valence-electron chi connectivity index (χ0n) is 12.7. The van der Waals surface area contributed by atoms with Crippen LogP contribution in [-0.2, 0) is 6.42 Å². The highest BCUT2D eigenvalue weighted by Gasteiger charge is 2.12. The lowest BCUT2D eigenvalue weighted by Crippen LogP contribution is -1.98. The molecule has 0 aliphatic rings. The highest BCUT2D eigenvalue weighted by atomic mass is 15.3. The lowest BCUT2D eigenvalue weighted by Gasteiger charge is -2.05. The maximum atomic E-state index is 4.52. The van der Waals surface area contributed by atoms with Crippen molar-refractivity contribution in [1.29, 1.82) is 0 Å². The fourth-order valence-corrected chi connectivity index (χ4v) is 2.68.